The molecule has 0 saturated heterocycles. The van der Waals surface area contributed by atoms with Crippen LogP contribution < -0.4 is 0 Å². The van der Waals surface area contributed by atoms with Crippen molar-refractivity contribution >= 4 is 11.9 Å². The van der Waals surface area contributed by atoms with Crippen molar-refractivity contribution < 1.29 is 14.3 Å². The van der Waals surface area contributed by atoms with Gasteiger partial charge in [-0.25, -0.2) is 4.79 Å². The Balaban J connectivity index is 3.70. The van der Waals surface area contributed by atoms with E-state index in [-0.39, 0.29) is 12.5 Å². The van der Waals surface area contributed by atoms with E-state index < -0.39 is 11.6 Å². The second-order valence-electron chi connectivity index (χ2n) is 4.05. The van der Waals surface area contributed by atoms with E-state index in [0.717, 1.165) is 6.42 Å². The fourth-order valence-corrected chi connectivity index (χ4v) is 0.816. The van der Waals surface area contributed by atoms with Crippen LogP contribution in [0, 0.1) is 5.41 Å². The number of nitrogens with one attached hydrogen (secondary N) is 1. The zero-order chi connectivity index (χ0) is 11.2. The van der Waals surface area contributed by atoms with Gasteiger partial charge in [0.05, 0.1) is 0 Å². The predicted octanol–water partition coefficient (Wildman–Crippen LogP) is 2.12. The third-order valence-electron chi connectivity index (χ3n) is 1.26. The molecular weight excluding hydrogens is 182 g/mol. The lowest BCUT2D eigenvalue weighted by molar-refractivity contribution is -0.157. The van der Waals surface area contributed by atoms with E-state index in [1.165, 1.54) is 0 Å². The van der Waals surface area contributed by atoms with Crippen molar-refractivity contribution in [3.05, 3.63) is 0 Å². The molecule has 4 nitrogen and oxygen atoms in total. The molecular formula is C10H19NO3. The summed E-state index contributed by atoms with van der Waals surface area (Å²) in [6, 6.07) is 0. The molecule has 1 N–H and O–H groups in total. The second kappa shape index (κ2) is 5.62. The summed E-state index contributed by atoms with van der Waals surface area (Å²) >= 11 is 0. The van der Waals surface area contributed by atoms with Crippen molar-refractivity contribution in [1.29, 1.82) is 5.41 Å². The fourth-order valence-electron chi connectivity index (χ4n) is 0.816. The first-order valence-electron chi connectivity index (χ1n) is 4.77. The molecule has 0 aromatic carbocycles. The molecule has 0 fully saturated rings. The van der Waals surface area contributed by atoms with Gasteiger partial charge in [-0.05, 0) is 27.2 Å². The van der Waals surface area contributed by atoms with E-state index in [2.05, 4.69) is 0 Å². The minimum absolute atomic E-state index is 0.137. The molecule has 0 saturated carbocycles. The zero-order valence-electron chi connectivity index (χ0n) is 9.35. The molecule has 82 valence electrons. The van der Waals surface area contributed by atoms with Crippen molar-refractivity contribution in [2.24, 2.45) is 0 Å². The largest absolute Gasteiger partial charge is 0.469 e. The van der Waals surface area contributed by atoms with Gasteiger partial charge < -0.3 is 9.47 Å². The summed E-state index contributed by atoms with van der Waals surface area (Å²) in [6.45, 7) is 7.16. The van der Waals surface area contributed by atoms with Gasteiger partial charge in [-0.3, -0.25) is 5.41 Å². The molecule has 0 amide bonds. The van der Waals surface area contributed by atoms with Gasteiger partial charge in [0.15, 0.2) is 12.5 Å². The van der Waals surface area contributed by atoms with Gasteiger partial charge in [-0.2, -0.15) is 0 Å². The van der Waals surface area contributed by atoms with Gasteiger partial charge >= 0.3 is 5.97 Å². The normalized spacial score (nSPS) is 10.9. The van der Waals surface area contributed by atoms with Gasteiger partial charge in [0, 0.05) is 6.42 Å². The third-order valence-corrected chi connectivity index (χ3v) is 1.26. The minimum atomic E-state index is -0.493. The maximum absolute atomic E-state index is 11.1. The SMILES string of the molecule is CCCC(=N)OCC(=O)OC(C)(C)C. The average Bonchev–Trinajstić information content (AvgIpc) is 1.98. The highest BCUT2D eigenvalue weighted by atomic mass is 16.6. The Kier molecular flexibility index (Phi) is 5.20. The lowest BCUT2D eigenvalue weighted by atomic mass is 10.2. The summed E-state index contributed by atoms with van der Waals surface area (Å²) in [4.78, 5) is 11.1. The van der Waals surface area contributed by atoms with Crippen LogP contribution in [0.2, 0.25) is 0 Å². The van der Waals surface area contributed by atoms with Crippen LogP contribution >= 0.6 is 0 Å². The molecule has 0 aliphatic carbocycles. The second-order valence-corrected chi connectivity index (χ2v) is 4.05. The maximum atomic E-state index is 11.1. The van der Waals surface area contributed by atoms with E-state index >= 15 is 0 Å². The number of carbonyl (C=O) groups excluding carboxylic acids is 1. The number of hydrogen-bond donors (Lipinski definition) is 1. The molecule has 0 radical (unpaired) electrons. The standard InChI is InChI=1S/C10H19NO3/c1-5-6-8(11)13-7-9(12)14-10(2,3)4/h11H,5-7H2,1-4H3. The number of ether oxygens (including phenoxy) is 2. The summed E-state index contributed by atoms with van der Waals surface area (Å²) in [5.74, 6) is -0.295. The minimum Gasteiger partial charge on any atom is -0.469 e. The highest BCUT2D eigenvalue weighted by Gasteiger charge is 2.16. The van der Waals surface area contributed by atoms with Crippen molar-refractivity contribution in [3.63, 3.8) is 0 Å². The van der Waals surface area contributed by atoms with Gasteiger partial charge in [0.2, 0.25) is 0 Å². The number of esters is 1. The quantitative estimate of drug-likeness (QED) is 0.430. The van der Waals surface area contributed by atoms with Crippen molar-refractivity contribution in [1.82, 2.24) is 0 Å². The first-order valence-corrected chi connectivity index (χ1v) is 4.77. The number of rotatable bonds is 4. The van der Waals surface area contributed by atoms with Gasteiger partial charge in [0.1, 0.15) is 5.60 Å². The number of carbonyl (C=O) groups is 1. The summed E-state index contributed by atoms with van der Waals surface area (Å²) in [7, 11) is 0. The molecule has 4 heteroatoms. The van der Waals surface area contributed by atoms with Crippen LogP contribution in [0.15, 0.2) is 0 Å². The molecule has 0 heterocycles. The highest BCUT2D eigenvalue weighted by Crippen LogP contribution is 2.06. The van der Waals surface area contributed by atoms with E-state index in [9.17, 15) is 4.79 Å². The summed E-state index contributed by atoms with van der Waals surface area (Å²) < 4.78 is 9.90. The first kappa shape index (κ1) is 12.9. The van der Waals surface area contributed by atoms with Crippen molar-refractivity contribution in [2.45, 2.75) is 46.1 Å². The number of hydrogen-bond acceptors (Lipinski definition) is 4. The van der Waals surface area contributed by atoms with E-state index in [1.54, 1.807) is 20.8 Å². The molecule has 0 aromatic rings. The van der Waals surface area contributed by atoms with Crippen LogP contribution in [0.4, 0.5) is 0 Å². The van der Waals surface area contributed by atoms with Crippen LogP contribution in [0.25, 0.3) is 0 Å². The van der Waals surface area contributed by atoms with E-state index in [4.69, 9.17) is 14.9 Å². The molecule has 0 rings (SSSR count). The summed E-state index contributed by atoms with van der Waals surface area (Å²) in [5, 5.41) is 7.28. The molecule has 0 atom stereocenters. The highest BCUT2D eigenvalue weighted by molar-refractivity contribution is 5.78. The topological polar surface area (TPSA) is 59.4 Å². The Hall–Kier alpha value is -1.06. The lowest BCUT2D eigenvalue weighted by Crippen LogP contribution is -2.27. The Morgan fingerprint density at radius 3 is 2.36 bits per heavy atom. The molecule has 0 unspecified atom stereocenters. The molecule has 0 aliphatic heterocycles. The molecule has 0 aromatic heterocycles. The molecule has 0 aliphatic rings. The van der Waals surface area contributed by atoms with Gasteiger partial charge in [-0.15, -0.1) is 0 Å². The Labute approximate surface area is 85.1 Å². The van der Waals surface area contributed by atoms with E-state index in [0.29, 0.717) is 6.42 Å². The Morgan fingerprint density at radius 2 is 1.93 bits per heavy atom. The smallest absolute Gasteiger partial charge is 0.344 e. The first-order chi connectivity index (χ1) is 6.35. The Bertz CT molecular complexity index is 206. The third kappa shape index (κ3) is 7.58. The van der Waals surface area contributed by atoms with Crippen LogP contribution in [-0.4, -0.2) is 24.1 Å². The van der Waals surface area contributed by atoms with E-state index in [1.807, 2.05) is 6.92 Å². The monoisotopic (exact) mass is 201 g/mol. The summed E-state index contributed by atoms with van der Waals surface area (Å²) in [6.07, 6.45) is 1.40. The van der Waals surface area contributed by atoms with Crippen molar-refractivity contribution in [2.75, 3.05) is 6.61 Å². The summed E-state index contributed by atoms with van der Waals surface area (Å²) in [5.41, 5.74) is -0.493. The molecule has 14 heavy (non-hydrogen) atoms. The fraction of sp³-hybridized carbons (Fsp3) is 0.800. The Morgan fingerprint density at radius 1 is 1.36 bits per heavy atom. The van der Waals surface area contributed by atoms with Gasteiger partial charge in [0.25, 0.3) is 0 Å². The zero-order valence-corrected chi connectivity index (χ0v) is 9.35. The van der Waals surface area contributed by atoms with Crippen LogP contribution in [0.3, 0.4) is 0 Å². The average molecular weight is 201 g/mol. The molecule has 0 spiro atoms. The maximum Gasteiger partial charge on any atom is 0.344 e. The van der Waals surface area contributed by atoms with Crippen LogP contribution in [0.5, 0.6) is 0 Å². The lowest BCUT2D eigenvalue weighted by Gasteiger charge is -2.19. The van der Waals surface area contributed by atoms with Crippen LogP contribution in [0.1, 0.15) is 40.5 Å². The van der Waals surface area contributed by atoms with Gasteiger partial charge in [-0.1, -0.05) is 6.92 Å². The van der Waals surface area contributed by atoms with Crippen LogP contribution in [-0.2, 0) is 14.3 Å². The molecule has 0 bridgehead atoms. The van der Waals surface area contributed by atoms with Crippen molar-refractivity contribution in [3.8, 4) is 0 Å². The predicted molar refractivity (Wildman–Crippen MR) is 54.4 cm³/mol.